The van der Waals surface area contributed by atoms with Gasteiger partial charge in [-0.1, -0.05) is 24.3 Å². The number of benzene rings is 2. The van der Waals surface area contributed by atoms with E-state index in [9.17, 15) is 8.42 Å². The first kappa shape index (κ1) is 14.5. The molecule has 0 atom stereocenters. The SMILES string of the molecule is NCc1ccccc1CNc1ccc(S(N)(=O)=O)cc1. The fraction of sp³-hybridized carbons (Fsp3) is 0.143. The van der Waals surface area contributed by atoms with Crippen molar-refractivity contribution in [2.24, 2.45) is 10.9 Å². The molecule has 0 heterocycles. The topological polar surface area (TPSA) is 98.2 Å². The Morgan fingerprint density at radius 1 is 0.950 bits per heavy atom. The summed E-state index contributed by atoms with van der Waals surface area (Å²) in [4.78, 5) is 0.102. The molecule has 0 aliphatic heterocycles. The van der Waals surface area contributed by atoms with Crippen molar-refractivity contribution in [1.29, 1.82) is 0 Å². The molecule has 0 bridgehead atoms. The molecule has 6 heteroatoms. The summed E-state index contributed by atoms with van der Waals surface area (Å²) in [5.41, 5.74) is 8.70. The van der Waals surface area contributed by atoms with Crippen LogP contribution in [0.3, 0.4) is 0 Å². The van der Waals surface area contributed by atoms with Gasteiger partial charge in [0.1, 0.15) is 0 Å². The summed E-state index contributed by atoms with van der Waals surface area (Å²) < 4.78 is 22.3. The van der Waals surface area contributed by atoms with E-state index in [-0.39, 0.29) is 4.90 Å². The molecule has 0 amide bonds. The monoisotopic (exact) mass is 291 g/mol. The molecule has 0 aliphatic rings. The van der Waals surface area contributed by atoms with Crippen LogP contribution in [0, 0.1) is 0 Å². The Hall–Kier alpha value is -1.89. The van der Waals surface area contributed by atoms with Gasteiger partial charge in [0.15, 0.2) is 0 Å². The Bertz CT molecular complexity index is 682. The van der Waals surface area contributed by atoms with Crippen molar-refractivity contribution in [3.8, 4) is 0 Å². The molecule has 0 unspecified atom stereocenters. The molecule has 0 fully saturated rings. The van der Waals surface area contributed by atoms with Crippen LogP contribution < -0.4 is 16.2 Å². The van der Waals surface area contributed by atoms with Gasteiger partial charge in [-0.25, -0.2) is 13.6 Å². The quantitative estimate of drug-likeness (QED) is 0.775. The molecule has 0 saturated carbocycles. The summed E-state index contributed by atoms with van der Waals surface area (Å²) in [5, 5.41) is 8.27. The van der Waals surface area contributed by atoms with Crippen molar-refractivity contribution < 1.29 is 8.42 Å². The number of anilines is 1. The molecular weight excluding hydrogens is 274 g/mol. The maximum Gasteiger partial charge on any atom is 0.238 e. The maximum absolute atomic E-state index is 11.2. The van der Waals surface area contributed by atoms with Gasteiger partial charge >= 0.3 is 0 Å². The van der Waals surface area contributed by atoms with Crippen molar-refractivity contribution in [3.05, 3.63) is 59.7 Å². The Kier molecular flexibility index (Phi) is 4.39. The summed E-state index contributed by atoms with van der Waals surface area (Å²) >= 11 is 0. The van der Waals surface area contributed by atoms with Crippen LogP contribution in [0.1, 0.15) is 11.1 Å². The smallest absolute Gasteiger partial charge is 0.238 e. The lowest BCUT2D eigenvalue weighted by Gasteiger charge is -2.10. The molecule has 0 aliphatic carbocycles. The lowest BCUT2D eigenvalue weighted by atomic mass is 10.1. The number of nitrogens with two attached hydrogens (primary N) is 2. The number of hydrogen-bond acceptors (Lipinski definition) is 4. The Morgan fingerprint density at radius 3 is 2.10 bits per heavy atom. The molecule has 2 aromatic rings. The van der Waals surface area contributed by atoms with Crippen LogP contribution >= 0.6 is 0 Å². The van der Waals surface area contributed by atoms with Gasteiger partial charge in [-0.15, -0.1) is 0 Å². The van der Waals surface area contributed by atoms with Crippen LogP contribution in [0.25, 0.3) is 0 Å². The second kappa shape index (κ2) is 6.04. The van der Waals surface area contributed by atoms with Crippen LogP contribution in [0.4, 0.5) is 5.69 Å². The highest BCUT2D eigenvalue weighted by Crippen LogP contribution is 2.15. The number of nitrogens with one attached hydrogen (secondary N) is 1. The van der Waals surface area contributed by atoms with Gasteiger partial charge in [-0.3, -0.25) is 0 Å². The predicted molar refractivity (Wildman–Crippen MR) is 79.5 cm³/mol. The molecule has 0 saturated heterocycles. The minimum absolute atomic E-state index is 0.102. The fourth-order valence-electron chi connectivity index (χ4n) is 1.89. The fourth-order valence-corrected chi connectivity index (χ4v) is 2.40. The van der Waals surface area contributed by atoms with E-state index in [1.54, 1.807) is 12.1 Å². The summed E-state index contributed by atoms with van der Waals surface area (Å²) in [5.74, 6) is 0. The summed E-state index contributed by atoms with van der Waals surface area (Å²) in [7, 11) is -3.64. The highest BCUT2D eigenvalue weighted by molar-refractivity contribution is 7.89. The Balaban J connectivity index is 2.08. The van der Waals surface area contributed by atoms with Crippen molar-refractivity contribution in [1.82, 2.24) is 0 Å². The standard InChI is InChI=1S/C14H17N3O2S/c15-9-11-3-1-2-4-12(11)10-17-13-5-7-14(8-6-13)20(16,18)19/h1-8,17H,9-10,15H2,(H2,16,18,19). The van der Waals surface area contributed by atoms with Crippen molar-refractivity contribution in [2.45, 2.75) is 18.0 Å². The number of rotatable bonds is 5. The molecule has 20 heavy (non-hydrogen) atoms. The first-order valence-corrected chi connectivity index (χ1v) is 7.69. The van der Waals surface area contributed by atoms with Crippen LogP contribution in [0.5, 0.6) is 0 Å². The summed E-state index contributed by atoms with van der Waals surface area (Å²) in [6, 6.07) is 14.2. The molecule has 0 aromatic heterocycles. The molecule has 2 rings (SSSR count). The average molecular weight is 291 g/mol. The second-order valence-electron chi connectivity index (χ2n) is 4.40. The van der Waals surface area contributed by atoms with E-state index in [2.05, 4.69) is 5.32 Å². The van der Waals surface area contributed by atoms with Crippen molar-refractivity contribution in [3.63, 3.8) is 0 Å². The molecule has 106 valence electrons. The van der Waals surface area contributed by atoms with E-state index >= 15 is 0 Å². The normalized spacial score (nSPS) is 11.3. The molecule has 0 radical (unpaired) electrons. The highest BCUT2D eigenvalue weighted by atomic mass is 32.2. The zero-order valence-electron chi connectivity index (χ0n) is 10.9. The highest BCUT2D eigenvalue weighted by Gasteiger charge is 2.06. The third kappa shape index (κ3) is 3.57. The zero-order valence-corrected chi connectivity index (χ0v) is 11.7. The van der Waals surface area contributed by atoms with Gasteiger partial charge < -0.3 is 11.1 Å². The number of hydrogen-bond donors (Lipinski definition) is 3. The van der Waals surface area contributed by atoms with Gasteiger partial charge in [-0.2, -0.15) is 0 Å². The van der Waals surface area contributed by atoms with E-state index in [0.29, 0.717) is 13.1 Å². The van der Waals surface area contributed by atoms with E-state index < -0.39 is 10.0 Å². The third-order valence-electron chi connectivity index (χ3n) is 3.00. The molecule has 5 N–H and O–H groups in total. The summed E-state index contributed by atoms with van der Waals surface area (Å²) in [6.45, 7) is 1.12. The zero-order chi connectivity index (χ0) is 14.6. The van der Waals surface area contributed by atoms with Crippen LogP contribution in [0.15, 0.2) is 53.4 Å². The minimum atomic E-state index is -3.64. The lowest BCUT2D eigenvalue weighted by molar-refractivity contribution is 0.598. The van der Waals surface area contributed by atoms with E-state index in [1.165, 1.54) is 12.1 Å². The lowest BCUT2D eigenvalue weighted by Crippen LogP contribution is -2.12. The van der Waals surface area contributed by atoms with Gasteiger partial charge in [-0.05, 0) is 35.4 Å². The van der Waals surface area contributed by atoms with Gasteiger partial charge in [0, 0.05) is 18.8 Å². The van der Waals surface area contributed by atoms with E-state index in [1.807, 2.05) is 24.3 Å². The third-order valence-corrected chi connectivity index (χ3v) is 3.93. The molecule has 2 aromatic carbocycles. The first-order valence-electron chi connectivity index (χ1n) is 6.14. The summed E-state index contributed by atoms with van der Waals surface area (Å²) in [6.07, 6.45) is 0. The first-order chi connectivity index (χ1) is 9.50. The molecular formula is C14H17N3O2S. The molecule has 5 nitrogen and oxygen atoms in total. The van der Waals surface area contributed by atoms with Crippen LogP contribution in [-0.2, 0) is 23.1 Å². The van der Waals surface area contributed by atoms with Crippen LogP contribution in [-0.4, -0.2) is 8.42 Å². The van der Waals surface area contributed by atoms with Gasteiger partial charge in [0.25, 0.3) is 0 Å². The largest absolute Gasteiger partial charge is 0.381 e. The van der Waals surface area contributed by atoms with Crippen LogP contribution in [0.2, 0.25) is 0 Å². The van der Waals surface area contributed by atoms with Crippen molar-refractivity contribution in [2.75, 3.05) is 5.32 Å². The predicted octanol–water partition coefficient (Wildman–Crippen LogP) is 1.40. The van der Waals surface area contributed by atoms with Crippen molar-refractivity contribution >= 4 is 15.7 Å². The average Bonchev–Trinajstić information content (AvgIpc) is 2.45. The molecule has 0 spiro atoms. The maximum atomic E-state index is 11.2. The van der Waals surface area contributed by atoms with E-state index in [4.69, 9.17) is 10.9 Å². The second-order valence-corrected chi connectivity index (χ2v) is 5.96. The number of sulfonamides is 1. The minimum Gasteiger partial charge on any atom is -0.381 e. The Morgan fingerprint density at radius 2 is 1.55 bits per heavy atom. The Labute approximate surface area is 118 Å². The van der Waals surface area contributed by atoms with Gasteiger partial charge in [0.05, 0.1) is 4.90 Å². The van der Waals surface area contributed by atoms with E-state index in [0.717, 1.165) is 16.8 Å². The number of primary sulfonamides is 1. The van der Waals surface area contributed by atoms with Gasteiger partial charge in [0.2, 0.25) is 10.0 Å².